The van der Waals surface area contributed by atoms with Crippen molar-refractivity contribution < 1.29 is 38.1 Å². The Morgan fingerprint density at radius 1 is 0.500 bits per heavy atom. The van der Waals surface area contributed by atoms with E-state index in [1.54, 1.807) is 9.80 Å². The van der Waals surface area contributed by atoms with E-state index >= 15 is 0 Å². The largest absolute Gasteiger partial charge is 0.448 e. The molecule has 14 rings (SSSR count). The number of benzene rings is 2. The molecule has 8 aliphatic carbocycles. The summed E-state index contributed by atoms with van der Waals surface area (Å²) < 4.78 is 26.9. The summed E-state index contributed by atoms with van der Waals surface area (Å²) in [7, 11) is 8.80. The number of carbonyl (C=O) groups excluding carboxylic acids is 4. The first-order chi connectivity index (χ1) is 35.8. The van der Waals surface area contributed by atoms with Crippen LogP contribution in [-0.4, -0.2) is 120 Å². The van der Waals surface area contributed by atoms with E-state index in [0.29, 0.717) is 96.0 Å². The summed E-state index contributed by atoms with van der Waals surface area (Å²) in [5, 5.41) is 1.01. The summed E-state index contributed by atoms with van der Waals surface area (Å²) in [6.45, 7) is 17.6. The van der Waals surface area contributed by atoms with Crippen LogP contribution in [0.5, 0.6) is 23.0 Å². The fourth-order valence-corrected chi connectivity index (χ4v) is 16.4. The summed E-state index contributed by atoms with van der Waals surface area (Å²) in [5.74, 6) is 0.826. The van der Waals surface area contributed by atoms with Gasteiger partial charge < -0.3 is 38.5 Å². The third kappa shape index (κ3) is 8.00. The Kier molecular flexibility index (Phi) is 13.0. The van der Waals surface area contributed by atoms with Gasteiger partial charge in [-0.1, -0.05) is 46.5 Å². The molecule has 12 nitrogen and oxygen atoms in total. The molecule has 76 heavy (non-hydrogen) atoms. The monoisotopic (exact) mass is 1080 g/mol. The molecule has 12 aliphatic rings. The summed E-state index contributed by atoms with van der Waals surface area (Å²) in [4.78, 5) is 61.6. The third-order valence-corrected chi connectivity index (χ3v) is 22.0. The maximum Gasteiger partial charge on any atom is 0.254 e. The molecule has 4 bridgehead atoms. The molecular formula is C62H78Cl2N4O8. The van der Waals surface area contributed by atoms with Crippen molar-refractivity contribution in [3.63, 3.8) is 0 Å². The van der Waals surface area contributed by atoms with E-state index in [9.17, 15) is 19.2 Å². The number of Topliss-reactive ketones (excluding diaryl/α,β-unsaturated/α-hetero) is 2. The normalized spacial score (nSPS) is 32.3. The SMILES string of the molecule is CC1=CC(C)=C(CN2CCc3c(Cl)c4c(c(C)c3C2=O)O[C@@](C)(C23CCC(N(C)C)(CC2)CC3)O4)C(=O)C1.CC1=CC(C)=C(CN2CCc3c(Cl)c4c(c(C)c3C2=O)O[C@](C)(C23CCC(N(C)C)(CC2)CC3)O4)C(=O)C1. The number of ether oxygens (including phenoxy) is 4. The van der Waals surface area contributed by atoms with Crippen LogP contribution in [0.3, 0.4) is 0 Å². The molecular weight excluding hydrogens is 1000 g/mol. The molecule has 0 unspecified atom stereocenters. The van der Waals surface area contributed by atoms with Crippen molar-refractivity contribution in [2.75, 3.05) is 54.4 Å². The number of allylic oxidation sites excluding steroid dienone is 6. The van der Waals surface area contributed by atoms with Gasteiger partial charge in [0.25, 0.3) is 23.4 Å². The fourth-order valence-electron chi connectivity index (χ4n) is 15.8. The number of ketones is 2. The second kappa shape index (κ2) is 18.5. The van der Waals surface area contributed by atoms with Gasteiger partial charge in [0.2, 0.25) is 0 Å². The lowest BCUT2D eigenvalue weighted by Crippen LogP contribution is -2.62. The van der Waals surface area contributed by atoms with E-state index in [0.717, 1.165) is 133 Å². The van der Waals surface area contributed by atoms with Crippen LogP contribution in [0.15, 0.2) is 45.6 Å². The Balaban J connectivity index is 0.000000162. The van der Waals surface area contributed by atoms with Gasteiger partial charge in [0.15, 0.2) is 34.6 Å². The van der Waals surface area contributed by atoms with Crippen molar-refractivity contribution in [1.82, 2.24) is 19.6 Å². The van der Waals surface area contributed by atoms with Crippen molar-refractivity contribution >= 4 is 46.6 Å². The Morgan fingerprint density at radius 2 is 0.816 bits per heavy atom. The van der Waals surface area contributed by atoms with E-state index in [1.807, 2.05) is 41.5 Å². The lowest BCUT2D eigenvalue weighted by Gasteiger charge is -2.59. The molecule has 6 fully saturated rings. The summed E-state index contributed by atoms with van der Waals surface area (Å²) in [5.41, 5.74) is 10.4. The van der Waals surface area contributed by atoms with Gasteiger partial charge in [-0.2, -0.15) is 0 Å². The average molecular weight is 1080 g/mol. The number of amides is 2. The molecule has 0 radical (unpaired) electrons. The quantitative estimate of drug-likeness (QED) is 0.253. The van der Waals surface area contributed by atoms with Gasteiger partial charge in [-0.25, -0.2) is 0 Å². The molecule has 0 spiro atoms. The predicted octanol–water partition coefficient (Wildman–Crippen LogP) is 12.0. The highest BCUT2D eigenvalue weighted by molar-refractivity contribution is 6.34. The van der Waals surface area contributed by atoms with Crippen LogP contribution >= 0.6 is 23.2 Å². The average Bonchev–Trinajstić information content (AvgIpc) is 4.16. The smallest absolute Gasteiger partial charge is 0.254 e. The molecule has 2 aromatic carbocycles. The highest BCUT2D eigenvalue weighted by Crippen LogP contribution is 2.65. The number of fused-ring (bicyclic) bond motifs is 10. The van der Waals surface area contributed by atoms with Crippen LogP contribution in [0.4, 0.5) is 0 Å². The lowest BCUT2D eigenvalue weighted by atomic mass is 9.54. The van der Waals surface area contributed by atoms with E-state index in [2.05, 4.69) is 64.0 Å². The molecule has 4 heterocycles. The second-order valence-corrected chi connectivity index (χ2v) is 26.2. The number of nitrogens with zero attached hydrogens (tertiary/aromatic N) is 4. The zero-order chi connectivity index (χ0) is 54.4. The van der Waals surface area contributed by atoms with Crippen molar-refractivity contribution in [1.29, 1.82) is 0 Å². The number of hydrogen-bond acceptors (Lipinski definition) is 10. The first-order valence-electron chi connectivity index (χ1n) is 28.0. The molecule has 4 aliphatic heterocycles. The molecule has 2 amide bonds. The number of halogens is 2. The van der Waals surface area contributed by atoms with Gasteiger partial charge in [0, 0.05) is 97.0 Å². The molecule has 2 aromatic rings. The Labute approximate surface area is 460 Å². The van der Waals surface area contributed by atoms with Crippen molar-refractivity contribution in [2.45, 2.75) is 181 Å². The van der Waals surface area contributed by atoms with Crippen molar-refractivity contribution in [3.8, 4) is 23.0 Å². The molecule has 6 saturated carbocycles. The van der Waals surface area contributed by atoms with E-state index in [1.165, 1.54) is 0 Å². The van der Waals surface area contributed by atoms with Gasteiger partial charge >= 0.3 is 0 Å². The fraction of sp³-hybridized carbons (Fsp3) is 0.613. The summed E-state index contributed by atoms with van der Waals surface area (Å²) in [6, 6.07) is 0. The Bertz CT molecular complexity index is 2800. The molecule has 0 saturated heterocycles. The van der Waals surface area contributed by atoms with Gasteiger partial charge in [0.05, 0.1) is 21.2 Å². The van der Waals surface area contributed by atoms with Crippen LogP contribution in [0.2, 0.25) is 10.0 Å². The maximum absolute atomic E-state index is 13.8. The third-order valence-electron chi connectivity index (χ3n) is 21.2. The molecule has 0 aromatic heterocycles. The summed E-state index contributed by atoms with van der Waals surface area (Å²) in [6.07, 6.45) is 19.3. The minimum Gasteiger partial charge on any atom is -0.448 e. The number of rotatable bonds is 8. The number of hydrogen-bond donors (Lipinski definition) is 0. The predicted molar refractivity (Wildman–Crippen MR) is 296 cm³/mol. The first-order valence-corrected chi connectivity index (χ1v) is 28.8. The highest BCUT2D eigenvalue weighted by atomic mass is 35.5. The van der Waals surface area contributed by atoms with Crippen LogP contribution < -0.4 is 18.9 Å². The van der Waals surface area contributed by atoms with Crippen LogP contribution in [0.1, 0.15) is 174 Å². The van der Waals surface area contributed by atoms with Crippen molar-refractivity contribution in [3.05, 3.63) is 89.0 Å². The standard InChI is InChI=1S/2C31H39ClN2O4/c2*1-18-15-19(2)22(23(35)16-18)17-34-14-7-21-24(28(34)36)20(3)26-27(25(21)32)38-29(4,37-26)30-8-11-31(12-9-30,13-10-30)33(5)6/h2*15H,7-14,16-17H2,1-6H3/t2*29-,30?,31?/m10/s1. The molecule has 14 heteroatoms. The zero-order valence-corrected chi connectivity index (χ0v) is 48.6. The number of carbonyl (C=O) groups is 4. The van der Waals surface area contributed by atoms with E-state index in [4.69, 9.17) is 42.1 Å². The molecule has 408 valence electrons. The van der Waals surface area contributed by atoms with Crippen LogP contribution in [-0.2, 0) is 22.4 Å². The highest BCUT2D eigenvalue weighted by Gasteiger charge is 2.64. The first kappa shape index (κ1) is 53.4. The van der Waals surface area contributed by atoms with Gasteiger partial charge in [-0.3, -0.25) is 19.2 Å². The van der Waals surface area contributed by atoms with Gasteiger partial charge in [0.1, 0.15) is 0 Å². The van der Waals surface area contributed by atoms with Crippen LogP contribution in [0, 0.1) is 24.7 Å². The molecule has 2 atom stereocenters. The second-order valence-electron chi connectivity index (χ2n) is 25.5. The maximum atomic E-state index is 13.8. The minimum atomic E-state index is -0.810. The topological polar surface area (TPSA) is 118 Å². The van der Waals surface area contributed by atoms with Crippen molar-refractivity contribution in [2.24, 2.45) is 10.8 Å². The van der Waals surface area contributed by atoms with E-state index < -0.39 is 11.6 Å². The Hall–Kier alpha value is -4.62. The van der Waals surface area contributed by atoms with E-state index in [-0.39, 0.29) is 45.3 Å². The van der Waals surface area contributed by atoms with Crippen LogP contribution in [0.25, 0.3) is 0 Å². The lowest BCUT2D eigenvalue weighted by molar-refractivity contribution is -0.212. The van der Waals surface area contributed by atoms with Gasteiger partial charge in [-0.05, 0) is 182 Å². The zero-order valence-electron chi connectivity index (χ0n) is 47.1. The Morgan fingerprint density at radius 3 is 1.12 bits per heavy atom. The summed E-state index contributed by atoms with van der Waals surface area (Å²) >= 11 is 14.0. The minimum absolute atomic E-state index is 0.0763. The molecule has 0 N–H and O–H groups in total. The van der Waals surface area contributed by atoms with Gasteiger partial charge in [-0.15, -0.1) is 0 Å².